The molecule has 0 radical (unpaired) electrons. The van der Waals surface area contributed by atoms with Gasteiger partial charge in [0.1, 0.15) is 0 Å². The number of carbonyl (C=O) groups excluding carboxylic acids is 1. The Hall–Kier alpha value is -2.36. The Bertz CT molecular complexity index is 676. The first-order chi connectivity index (χ1) is 11.7. The van der Waals surface area contributed by atoms with Crippen molar-refractivity contribution in [3.8, 4) is 0 Å². The van der Waals surface area contributed by atoms with E-state index in [4.69, 9.17) is 0 Å². The van der Waals surface area contributed by atoms with Crippen molar-refractivity contribution in [2.45, 2.75) is 51.6 Å². The molecule has 0 bridgehead atoms. The molecule has 3 rings (SSSR count). The molecule has 1 aromatic heterocycles. The summed E-state index contributed by atoms with van der Waals surface area (Å²) in [5, 5.41) is 6.47. The van der Waals surface area contributed by atoms with Crippen molar-refractivity contribution in [1.82, 2.24) is 10.3 Å². The average molecular weight is 323 g/mol. The first kappa shape index (κ1) is 16.5. The lowest BCUT2D eigenvalue weighted by Crippen LogP contribution is -2.36. The molecule has 0 unspecified atom stereocenters. The maximum atomic E-state index is 12.4. The van der Waals surface area contributed by atoms with Gasteiger partial charge in [-0.25, -0.2) is 0 Å². The Labute approximate surface area is 143 Å². The monoisotopic (exact) mass is 323 g/mol. The largest absolute Gasteiger partial charge is 0.380 e. The molecule has 1 fully saturated rings. The molecule has 1 saturated carbocycles. The zero-order valence-electron chi connectivity index (χ0n) is 14.2. The van der Waals surface area contributed by atoms with Crippen LogP contribution in [0.4, 0.5) is 5.69 Å². The fraction of sp³-hybridized carbons (Fsp3) is 0.400. The molecule has 1 aliphatic rings. The number of aromatic nitrogens is 1. The fourth-order valence-electron chi connectivity index (χ4n) is 3.09. The van der Waals surface area contributed by atoms with E-state index in [1.165, 1.54) is 30.4 Å². The van der Waals surface area contributed by atoms with E-state index in [9.17, 15) is 4.79 Å². The average Bonchev–Trinajstić information content (AvgIpc) is 2.62. The summed E-state index contributed by atoms with van der Waals surface area (Å²) < 4.78 is 0. The van der Waals surface area contributed by atoms with E-state index in [1.807, 2.05) is 6.07 Å². The van der Waals surface area contributed by atoms with Crippen LogP contribution in [0.25, 0.3) is 0 Å². The number of pyridine rings is 1. The van der Waals surface area contributed by atoms with Crippen LogP contribution >= 0.6 is 0 Å². The van der Waals surface area contributed by atoms with Gasteiger partial charge in [-0.05, 0) is 31.4 Å². The van der Waals surface area contributed by atoms with Gasteiger partial charge in [-0.2, -0.15) is 0 Å². The predicted molar refractivity (Wildman–Crippen MR) is 97.1 cm³/mol. The summed E-state index contributed by atoms with van der Waals surface area (Å²) in [5.74, 6) is -0.0200. The van der Waals surface area contributed by atoms with E-state index in [0.717, 1.165) is 25.1 Å². The van der Waals surface area contributed by atoms with Crippen molar-refractivity contribution in [2.24, 2.45) is 0 Å². The lowest BCUT2D eigenvalue weighted by molar-refractivity contribution is 0.0927. The Balaban J connectivity index is 1.58. The molecule has 1 aromatic carbocycles. The maximum absolute atomic E-state index is 12.4. The van der Waals surface area contributed by atoms with Crippen molar-refractivity contribution in [3.05, 3.63) is 59.4 Å². The lowest BCUT2D eigenvalue weighted by atomic mass is 9.95. The molecule has 1 amide bonds. The molecule has 2 N–H and O–H groups in total. The van der Waals surface area contributed by atoms with Crippen LogP contribution in [0.1, 0.15) is 53.6 Å². The number of aryl methyl sites for hydroxylation is 1. The molecular weight excluding hydrogens is 298 g/mol. The minimum Gasteiger partial charge on any atom is -0.380 e. The number of carbonyl (C=O) groups is 1. The summed E-state index contributed by atoms with van der Waals surface area (Å²) in [6, 6.07) is 10.6. The molecule has 0 atom stereocenters. The second kappa shape index (κ2) is 7.95. The Morgan fingerprint density at radius 1 is 1.12 bits per heavy atom. The third-order valence-corrected chi connectivity index (χ3v) is 4.56. The molecule has 126 valence electrons. The van der Waals surface area contributed by atoms with Gasteiger partial charge in [-0.1, -0.05) is 49.1 Å². The molecule has 24 heavy (non-hydrogen) atoms. The number of nitrogens with one attached hydrogen (secondary N) is 2. The fourth-order valence-corrected chi connectivity index (χ4v) is 3.09. The van der Waals surface area contributed by atoms with E-state index in [1.54, 1.807) is 12.4 Å². The van der Waals surface area contributed by atoms with E-state index in [-0.39, 0.29) is 5.91 Å². The van der Waals surface area contributed by atoms with Gasteiger partial charge in [0.15, 0.2) is 0 Å². The van der Waals surface area contributed by atoms with Gasteiger partial charge in [0.25, 0.3) is 5.91 Å². The van der Waals surface area contributed by atoms with Gasteiger partial charge in [-0.15, -0.1) is 0 Å². The number of hydrogen-bond acceptors (Lipinski definition) is 3. The first-order valence-electron chi connectivity index (χ1n) is 8.76. The first-order valence-corrected chi connectivity index (χ1v) is 8.76. The van der Waals surface area contributed by atoms with E-state index in [0.29, 0.717) is 11.6 Å². The zero-order valence-corrected chi connectivity index (χ0v) is 14.2. The third kappa shape index (κ3) is 4.57. The highest BCUT2D eigenvalue weighted by molar-refractivity contribution is 5.94. The lowest BCUT2D eigenvalue weighted by Gasteiger charge is -2.22. The molecule has 4 nitrogen and oxygen atoms in total. The highest BCUT2D eigenvalue weighted by atomic mass is 16.1. The van der Waals surface area contributed by atoms with Crippen LogP contribution in [-0.2, 0) is 6.54 Å². The summed E-state index contributed by atoms with van der Waals surface area (Å²) in [6.07, 6.45) is 9.27. The van der Waals surface area contributed by atoms with Crippen LogP contribution < -0.4 is 10.6 Å². The second-order valence-electron chi connectivity index (χ2n) is 6.61. The molecule has 1 aliphatic carbocycles. The number of benzene rings is 1. The van der Waals surface area contributed by atoms with Crippen molar-refractivity contribution in [3.63, 3.8) is 0 Å². The smallest absolute Gasteiger partial charge is 0.253 e. The van der Waals surface area contributed by atoms with Crippen LogP contribution in [0.5, 0.6) is 0 Å². The van der Waals surface area contributed by atoms with Crippen molar-refractivity contribution >= 4 is 11.6 Å². The van der Waals surface area contributed by atoms with Gasteiger partial charge < -0.3 is 10.6 Å². The maximum Gasteiger partial charge on any atom is 0.253 e. The van der Waals surface area contributed by atoms with Gasteiger partial charge >= 0.3 is 0 Å². The minimum atomic E-state index is -0.0200. The quantitative estimate of drug-likeness (QED) is 0.872. The normalized spacial score (nSPS) is 15.0. The molecule has 0 aliphatic heterocycles. The standard InChI is InChI=1S/C20H25N3O/c1-15-7-9-16(10-8-15)12-22-19-11-17(13-21-14-19)20(24)23-18-5-3-2-4-6-18/h7-11,13-14,18,22H,2-6,12H2,1H3,(H,23,24). The summed E-state index contributed by atoms with van der Waals surface area (Å²) in [6.45, 7) is 2.80. The van der Waals surface area contributed by atoms with Crippen LogP contribution in [0.3, 0.4) is 0 Å². The highest BCUT2D eigenvalue weighted by Gasteiger charge is 2.16. The Kier molecular flexibility index (Phi) is 5.47. The van der Waals surface area contributed by atoms with Gasteiger partial charge in [0, 0.05) is 25.0 Å². The van der Waals surface area contributed by atoms with Crippen LogP contribution in [0, 0.1) is 6.92 Å². The molecule has 0 spiro atoms. The third-order valence-electron chi connectivity index (χ3n) is 4.56. The number of hydrogen-bond donors (Lipinski definition) is 2. The number of rotatable bonds is 5. The molecule has 4 heteroatoms. The summed E-state index contributed by atoms with van der Waals surface area (Å²) in [5.41, 5.74) is 3.95. The van der Waals surface area contributed by atoms with Crippen LogP contribution in [0.2, 0.25) is 0 Å². The van der Waals surface area contributed by atoms with Gasteiger partial charge in [0.05, 0.1) is 11.3 Å². The summed E-state index contributed by atoms with van der Waals surface area (Å²) in [7, 11) is 0. The van der Waals surface area contributed by atoms with Gasteiger partial charge in [-0.3, -0.25) is 9.78 Å². The molecule has 2 aromatic rings. The number of amides is 1. The van der Waals surface area contributed by atoms with Gasteiger partial charge in [0.2, 0.25) is 0 Å². The predicted octanol–water partition coefficient (Wildman–Crippen LogP) is 4.06. The molecule has 1 heterocycles. The van der Waals surface area contributed by atoms with Crippen molar-refractivity contribution < 1.29 is 4.79 Å². The number of nitrogens with zero attached hydrogens (tertiary/aromatic N) is 1. The van der Waals surface area contributed by atoms with Crippen LogP contribution in [0.15, 0.2) is 42.7 Å². The highest BCUT2D eigenvalue weighted by Crippen LogP contribution is 2.18. The van der Waals surface area contributed by atoms with E-state index >= 15 is 0 Å². The van der Waals surface area contributed by atoms with E-state index < -0.39 is 0 Å². The second-order valence-corrected chi connectivity index (χ2v) is 6.61. The topological polar surface area (TPSA) is 54.0 Å². The Morgan fingerprint density at radius 2 is 1.88 bits per heavy atom. The summed E-state index contributed by atoms with van der Waals surface area (Å²) >= 11 is 0. The van der Waals surface area contributed by atoms with Crippen LogP contribution in [-0.4, -0.2) is 16.9 Å². The van der Waals surface area contributed by atoms with E-state index in [2.05, 4.69) is 46.8 Å². The van der Waals surface area contributed by atoms with Crippen molar-refractivity contribution in [2.75, 3.05) is 5.32 Å². The molecule has 0 saturated heterocycles. The Morgan fingerprint density at radius 3 is 2.62 bits per heavy atom. The minimum absolute atomic E-state index is 0.0200. The molecular formula is C20H25N3O. The van der Waals surface area contributed by atoms with Crippen molar-refractivity contribution in [1.29, 1.82) is 0 Å². The number of anilines is 1. The SMILES string of the molecule is Cc1ccc(CNc2cncc(C(=O)NC3CCCCC3)c2)cc1. The summed E-state index contributed by atoms with van der Waals surface area (Å²) in [4.78, 5) is 16.6. The zero-order chi connectivity index (χ0) is 16.8.